The maximum Gasteiger partial charge on any atom is 0.425 e. The minimum atomic E-state index is -0.799. The van der Waals surface area contributed by atoms with Crippen LogP contribution in [-0.2, 0) is 4.74 Å². The summed E-state index contributed by atoms with van der Waals surface area (Å²) in [5.74, 6) is -1.49. The minimum Gasteiger partial charge on any atom is -0.452 e. The predicted molar refractivity (Wildman–Crippen MR) is 61.3 cm³/mol. The summed E-state index contributed by atoms with van der Waals surface area (Å²) in [6.45, 7) is 0. The number of amides is 1. The zero-order valence-electron chi connectivity index (χ0n) is 8.71. The molecule has 92 valence electrons. The third-order valence-electron chi connectivity index (χ3n) is 1.64. The molecule has 0 radical (unpaired) electrons. The van der Waals surface area contributed by atoms with Gasteiger partial charge in [-0.05, 0) is 24.4 Å². The van der Waals surface area contributed by atoms with Crippen LogP contribution in [0.5, 0.6) is 0 Å². The molecule has 0 bridgehead atoms. The number of hydrogen-bond acceptors (Lipinski definition) is 3. The molecule has 0 aliphatic rings. The molecule has 3 N–H and O–H groups in total. The van der Waals surface area contributed by atoms with Gasteiger partial charge < -0.3 is 10.1 Å². The molecule has 5 nitrogen and oxygen atoms in total. The molecule has 0 saturated heterocycles. The van der Waals surface area contributed by atoms with E-state index in [0.717, 1.165) is 6.07 Å². The number of nitrogens with one attached hydrogen (secondary N) is 3. The number of ether oxygens (including phenoxy) is 1. The average Bonchev–Trinajstić information content (AvgIpc) is 2.29. The summed E-state index contributed by atoms with van der Waals surface area (Å²) >= 11 is 4.74. The van der Waals surface area contributed by atoms with E-state index in [-0.39, 0.29) is 10.8 Å². The van der Waals surface area contributed by atoms with E-state index >= 15 is 0 Å². The van der Waals surface area contributed by atoms with Crippen LogP contribution in [0.2, 0.25) is 0 Å². The van der Waals surface area contributed by atoms with Crippen LogP contribution in [0.4, 0.5) is 19.3 Å². The Labute approximate surface area is 101 Å². The molecule has 1 aromatic carbocycles. The Hall–Kier alpha value is -1.96. The Morgan fingerprint density at radius 3 is 2.65 bits per heavy atom. The van der Waals surface area contributed by atoms with Crippen LogP contribution in [0, 0.1) is 11.6 Å². The van der Waals surface area contributed by atoms with Crippen molar-refractivity contribution in [1.82, 2.24) is 10.9 Å². The highest BCUT2D eigenvalue weighted by Gasteiger charge is 2.06. The number of thiocarbonyl (C=S) groups is 1. The first kappa shape index (κ1) is 13.1. The van der Waals surface area contributed by atoms with Crippen molar-refractivity contribution in [2.45, 2.75) is 0 Å². The first-order valence-corrected chi connectivity index (χ1v) is 4.79. The topological polar surface area (TPSA) is 62.4 Å². The molecule has 0 aliphatic heterocycles. The van der Waals surface area contributed by atoms with E-state index in [2.05, 4.69) is 20.9 Å². The number of carbonyl (C=O) groups excluding carboxylic acids is 1. The Kier molecular flexibility index (Phi) is 4.58. The summed E-state index contributed by atoms with van der Waals surface area (Å²) in [4.78, 5) is 10.7. The normalized spacial score (nSPS) is 9.35. The van der Waals surface area contributed by atoms with Crippen LogP contribution in [0.1, 0.15) is 0 Å². The van der Waals surface area contributed by atoms with E-state index in [1.54, 1.807) is 0 Å². The second kappa shape index (κ2) is 5.94. The fourth-order valence-corrected chi connectivity index (χ4v) is 1.06. The second-order valence-corrected chi connectivity index (χ2v) is 3.23. The first-order chi connectivity index (χ1) is 8.02. The zero-order chi connectivity index (χ0) is 12.8. The SMILES string of the molecule is COC(=O)NNC(=S)Nc1ccc(F)cc1F. The van der Waals surface area contributed by atoms with Crippen molar-refractivity contribution in [3.05, 3.63) is 29.8 Å². The van der Waals surface area contributed by atoms with Gasteiger partial charge in [-0.2, -0.15) is 0 Å². The first-order valence-electron chi connectivity index (χ1n) is 4.39. The van der Waals surface area contributed by atoms with Crippen molar-refractivity contribution >= 4 is 29.1 Å². The van der Waals surface area contributed by atoms with Crippen LogP contribution in [-0.4, -0.2) is 18.3 Å². The van der Waals surface area contributed by atoms with Gasteiger partial charge >= 0.3 is 6.09 Å². The number of hydrogen-bond donors (Lipinski definition) is 3. The summed E-state index contributed by atoms with van der Waals surface area (Å²) in [7, 11) is 1.17. The largest absolute Gasteiger partial charge is 0.452 e. The van der Waals surface area contributed by atoms with E-state index < -0.39 is 17.7 Å². The molecule has 8 heteroatoms. The molecule has 0 aliphatic carbocycles. The monoisotopic (exact) mass is 261 g/mol. The molecule has 0 fully saturated rings. The molecule has 0 aromatic heterocycles. The standard InChI is InChI=1S/C9H9F2N3O2S/c1-16-9(15)14-13-8(17)12-7-3-2-5(10)4-6(7)11/h2-4H,1H3,(H,14,15)(H2,12,13,17). The molecule has 0 atom stereocenters. The minimum absolute atomic E-state index is 0.0180. The fourth-order valence-electron chi connectivity index (χ4n) is 0.903. The van der Waals surface area contributed by atoms with Crippen LogP contribution >= 0.6 is 12.2 Å². The number of halogens is 2. The lowest BCUT2D eigenvalue weighted by molar-refractivity contribution is 0.169. The van der Waals surface area contributed by atoms with Crippen molar-refractivity contribution in [1.29, 1.82) is 0 Å². The van der Waals surface area contributed by atoms with Crippen LogP contribution in [0.3, 0.4) is 0 Å². The van der Waals surface area contributed by atoms with Crippen molar-refractivity contribution in [2.24, 2.45) is 0 Å². The van der Waals surface area contributed by atoms with E-state index in [0.29, 0.717) is 6.07 Å². The Balaban J connectivity index is 2.53. The van der Waals surface area contributed by atoms with Gasteiger partial charge in [-0.1, -0.05) is 0 Å². The van der Waals surface area contributed by atoms with Gasteiger partial charge in [-0.15, -0.1) is 0 Å². The maximum absolute atomic E-state index is 13.2. The van der Waals surface area contributed by atoms with Gasteiger partial charge in [-0.25, -0.2) is 19.0 Å². The third-order valence-corrected chi connectivity index (χ3v) is 1.85. The number of rotatable bonds is 1. The number of carbonyl (C=O) groups is 1. The van der Waals surface area contributed by atoms with E-state index in [4.69, 9.17) is 12.2 Å². The van der Waals surface area contributed by atoms with Gasteiger partial charge in [-0.3, -0.25) is 5.43 Å². The van der Waals surface area contributed by atoms with Gasteiger partial charge in [0.25, 0.3) is 0 Å². The molecule has 0 heterocycles. The summed E-state index contributed by atoms with van der Waals surface area (Å²) in [6, 6.07) is 2.96. The Morgan fingerprint density at radius 2 is 2.06 bits per heavy atom. The lowest BCUT2D eigenvalue weighted by Gasteiger charge is -2.11. The lowest BCUT2D eigenvalue weighted by atomic mass is 10.3. The number of benzene rings is 1. The van der Waals surface area contributed by atoms with Crippen LogP contribution in [0.25, 0.3) is 0 Å². The third kappa shape index (κ3) is 4.19. The molecule has 0 spiro atoms. The van der Waals surface area contributed by atoms with Crippen molar-refractivity contribution in [2.75, 3.05) is 12.4 Å². The van der Waals surface area contributed by atoms with E-state index in [1.165, 1.54) is 13.2 Å². The quantitative estimate of drug-likeness (QED) is 0.528. The van der Waals surface area contributed by atoms with Crippen molar-refractivity contribution < 1.29 is 18.3 Å². The van der Waals surface area contributed by atoms with Gasteiger partial charge in [0.05, 0.1) is 12.8 Å². The Bertz CT molecular complexity index is 442. The van der Waals surface area contributed by atoms with Crippen LogP contribution < -0.4 is 16.2 Å². The van der Waals surface area contributed by atoms with E-state index in [1.807, 2.05) is 0 Å². The van der Waals surface area contributed by atoms with E-state index in [9.17, 15) is 13.6 Å². The molecule has 1 amide bonds. The molecular weight excluding hydrogens is 252 g/mol. The zero-order valence-corrected chi connectivity index (χ0v) is 9.53. The Morgan fingerprint density at radius 1 is 1.35 bits per heavy atom. The van der Waals surface area contributed by atoms with Gasteiger partial charge in [0.2, 0.25) is 0 Å². The number of anilines is 1. The van der Waals surface area contributed by atoms with Gasteiger partial charge in [0.15, 0.2) is 5.11 Å². The highest BCUT2D eigenvalue weighted by Crippen LogP contribution is 2.14. The number of hydrazine groups is 1. The summed E-state index contributed by atoms with van der Waals surface area (Å²) in [6.07, 6.45) is -0.756. The highest BCUT2D eigenvalue weighted by atomic mass is 32.1. The summed E-state index contributed by atoms with van der Waals surface area (Å²) < 4.78 is 30.0. The number of methoxy groups -OCH3 is 1. The lowest BCUT2D eigenvalue weighted by Crippen LogP contribution is -2.43. The van der Waals surface area contributed by atoms with Crippen molar-refractivity contribution in [3.63, 3.8) is 0 Å². The second-order valence-electron chi connectivity index (χ2n) is 2.82. The fraction of sp³-hybridized carbons (Fsp3) is 0.111. The molecular formula is C9H9F2N3O2S. The van der Waals surface area contributed by atoms with Crippen LogP contribution in [0.15, 0.2) is 18.2 Å². The molecule has 1 aromatic rings. The molecule has 0 unspecified atom stereocenters. The summed E-state index contributed by atoms with van der Waals surface area (Å²) in [5, 5.41) is 2.36. The highest BCUT2D eigenvalue weighted by molar-refractivity contribution is 7.80. The predicted octanol–water partition coefficient (Wildman–Crippen LogP) is 1.52. The maximum atomic E-state index is 13.2. The van der Waals surface area contributed by atoms with Crippen molar-refractivity contribution in [3.8, 4) is 0 Å². The molecule has 17 heavy (non-hydrogen) atoms. The van der Waals surface area contributed by atoms with Gasteiger partial charge in [0.1, 0.15) is 11.6 Å². The molecule has 0 saturated carbocycles. The van der Waals surface area contributed by atoms with Gasteiger partial charge in [0, 0.05) is 6.07 Å². The average molecular weight is 261 g/mol. The smallest absolute Gasteiger partial charge is 0.425 e. The summed E-state index contributed by atoms with van der Waals surface area (Å²) in [5.41, 5.74) is 4.31. The molecule has 1 rings (SSSR count).